The van der Waals surface area contributed by atoms with E-state index in [1.807, 2.05) is 6.07 Å². The van der Waals surface area contributed by atoms with Gasteiger partial charge >= 0.3 is 5.97 Å². The summed E-state index contributed by atoms with van der Waals surface area (Å²) in [5.74, 6) is 2.03. The number of hydrogen-bond donors (Lipinski definition) is 0. The predicted molar refractivity (Wildman–Crippen MR) is 69.1 cm³/mol. The molecule has 0 radical (unpaired) electrons. The molecule has 0 bridgehead atoms. The van der Waals surface area contributed by atoms with E-state index in [0.717, 1.165) is 0 Å². The summed E-state index contributed by atoms with van der Waals surface area (Å²) in [5, 5.41) is 3.92. The smallest absolute Gasteiger partial charge is 0.342 e. The molecule has 2 aromatic heterocycles. The molecule has 0 N–H and O–H groups in total. The van der Waals surface area contributed by atoms with Gasteiger partial charge in [0.2, 0.25) is 0 Å². The van der Waals surface area contributed by atoms with Crippen molar-refractivity contribution in [2.24, 2.45) is 7.05 Å². The van der Waals surface area contributed by atoms with Gasteiger partial charge in [0.25, 0.3) is 0 Å². The van der Waals surface area contributed by atoms with Crippen LogP contribution in [-0.2, 0) is 11.8 Å². The van der Waals surface area contributed by atoms with Crippen LogP contribution < -0.4 is 0 Å². The van der Waals surface area contributed by atoms with Crippen LogP contribution in [0.3, 0.4) is 0 Å². The second-order valence-corrected chi connectivity index (χ2v) is 3.96. The topological polar surface area (TPSA) is 57.0 Å². The fourth-order valence-electron chi connectivity index (χ4n) is 1.60. The molecule has 0 fully saturated rings. The molecule has 2 heterocycles. The number of pyridine rings is 1. The van der Waals surface area contributed by atoms with E-state index in [9.17, 15) is 4.79 Å². The minimum Gasteiger partial charge on any atom is -0.451 e. The summed E-state index contributed by atoms with van der Waals surface area (Å²) < 4.78 is 6.91. The first-order chi connectivity index (χ1) is 9.20. The van der Waals surface area contributed by atoms with Crippen LogP contribution in [0.15, 0.2) is 36.8 Å². The van der Waals surface area contributed by atoms with E-state index in [1.165, 1.54) is 10.9 Å². The number of esters is 1. The summed E-state index contributed by atoms with van der Waals surface area (Å²) >= 11 is 0. The van der Waals surface area contributed by atoms with E-state index in [1.54, 1.807) is 31.6 Å². The van der Waals surface area contributed by atoms with Gasteiger partial charge in [0, 0.05) is 19.4 Å². The van der Waals surface area contributed by atoms with E-state index in [4.69, 9.17) is 11.2 Å². The number of rotatable bonds is 4. The zero-order valence-electron chi connectivity index (χ0n) is 10.5. The third-order valence-corrected chi connectivity index (χ3v) is 2.51. The maximum Gasteiger partial charge on any atom is 0.342 e. The first-order valence-electron chi connectivity index (χ1n) is 5.74. The number of hydrogen-bond acceptors (Lipinski definition) is 4. The Morgan fingerprint density at radius 3 is 3.00 bits per heavy atom. The summed E-state index contributed by atoms with van der Waals surface area (Å²) in [5.41, 5.74) is 1.03. The Bertz CT molecular complexity index is 599. The van der Waals surface area contributed by atoms with Gasteiger partial charge in [-0.3, -0.25) is 9.67 Å². The van der Waals surface area contributed by atoms with Crippen LogP contribution in [0, 0.1) is 12.3 Å². The summed E-state index contributed by atoms with van der Waals surface area (Å²) in [6, 6.07) is 5.39. The number of terminal acetylenes is 1. The van der Waals surface area contributed by atoms with Crippen molar-refractivity contribution >= 4 is 5.97 Å². The van der Waals surface area contributed by atoms with Crippen LogP contribution in [0.1, 0.15) is 28.6 Å². The quantitative estimate of drug-likeness (QED) is 0.616. The lowest BCUT2D eigenvalue weighted by molar-refractivity contribution is 0.0298. The van der Waals surface area contributed by atoms with Crippen molar-refractivity contribution in [1.29, 1.82) is 0 Å². The Labute approximate surface area is 111 Å². The zero-order chi connectivity index (χ0) is 13.7. The number of aromatic nitrogens is 3. The number of carbonyl (C=O) groups excluding carboxylic acids is 1. The standard InChI is InChI=1S/C14H13N3O2/c1-3-6-13(12-7-4-5-8-15-12)19-14(18)11-9-16-17(2)10-11/h1,4-5,7-10,13H,6H2,2H3/t13-/m1/s1. The molecule has 19 heavy (non-hydrogen) atoms. The molecule has 0 aliphatic rings. The molecule has 96 valence electrons. The lowest BCUT2D eigenvalue weighted by Crippen LogP contribution is -2.12. The summed E-state index contributed by atoms with van der Waals surface area (Å²) in [7, 11) is 1.73. The summed E-state index contributed by atoms with van der Waals surface area (Å²) in [4.78, 5) is 16.1. The second kappa shape index (κ2) is 5.83. The van der Waals surface area contributed by atoms with Crippen LogP contribution in [0.2, 0.25) is 0 Å². The molecule has 1 atom stereocenters. The number of aryl methyl sites for hydroxylation is 1. The monoisotopic (exact) mass is 255 g/mol. The van der Waals surface area contributed by atoms with Gasteiger partial charge in [-0.25, -0.2) is 4.79 Å². The van der Waals surface area contributed by atoms with Crippen molar-refractivity contribution in [3.63, 3.8) is 0 Å². The van der Waals surface area contributed by atoms with Gasteiger partial charge in [-0.05, 0) is 12.1 Å². The van der Waals surface area contributed by atoms with Gasteiger partial charge in [0.15, 0.2) is 6.10 Å². The van der Waals surface area contributed by atoms with Gasteiger partial charge in [0.1, 0.15) is 0 Å². The highest BCUT2D eigenvalue weighted by Crippen LogP contribution is 2.20. The van der Waals surface area contributed by atoms with E-state index < -0.39 is 12.1 Å². The van der Waals surface area contributed by atoms with Crippen molar-refractivity contribution in [3.8, 4) is 12.3 Å². The zero-order valence-corrected chi connectivity index (χ0v) is 10.5. The minimum atomic E-state index is -0.543. The van der Waals surface area contributed by atoms with Crippen LogP contribution >= 0.6 is 0 Å². The molecule has 5 nitrogen and oxygen atoms in total. The highest BCUT2D eigenvalue weighted by atomic mass is 16.5. The average Bonchev–Trinajstić information content (AvgIpc) is 2.86. The van der Waals surface area contributed by atoms with Gasteiger partial charge in [-0.2, -0.15) is 5.10 Å². The third kappa shape index (κ3) is 3.19. The normalized spacial score (nSPS) is 11.6. The predicted octanol–water partition coefficient (Wildman–Crippen LogP) is 1.74. The van der Waals surface area contributed by atoms with Crippen molar-refractivity contribution in [3.05, 3.63) is 48.0 Å². The molecule has 5 heteroatoms. The Morgan fingerprint density at radius 2 is 2.42 bits per heavy atom. The van der Waals surface area contributed by atoms with Crippen molar-refractivity contribution in [1.82, 2.24) is 14.8 Å². The Kier molecular flexibility index (Phi) is 3.94. The molecule has 2 rings (SSSR count). The van der Waals surface area contributed by atoms with Crippen LogP contribution in [0.25, 0.3) is 0 Å². The van der Waals surface area contributed by atoms with Crippen molar-refractivity contribution < 1.29 is 9.53 Å². The second-order valence-electron chi connectivity index (χ2n) is 3.96. The van der Waals surface area contributed by atoms with Crippen LogP contribution in [0.4, 0.5) is 0 Å². The molecule has 0 saturated carbocycles. The third-order valence-electron chi connectivity index (χ3n) is 2.51. The number of nitrogens with zero attached hydrogens (tertiary/aromatic N) is 3. The van der Waals surface area contributed by atoms with E-state index in [2.05, 4.69) is 16.0 Å². The molecule has 2 aromatic rings. The van der Waals surface area contributed by atoms with Gasteiger partial charge in [0.05, 0.1) is 23.9 Å². The maximum atomic E-state index is 11.9. The van der Waals surface area contributed by atoms with Crippen molar-refractivity contribution in [2.75, 3.05) is 0 Å². The van der Waals surface area contributed by atoms with Gasteiger partial charge in [-0.15, -0.1) is 12.3 Å². The van der Waals surface area contributed by atoms with Crippen molar-refractivity contribution in [2.45, 2.75) is 12.5 Å². The molecular formula is C14H13N3O2. The van der Waals surface area contributed by atoms with E-state index in [0.29, 0.717) is 11.3 Å². The average molecular weight is 255 g/mol. The fourth-order valence-corrected chi connectivity index (χ4v) is 1.60. The largest absolute Gasteiger partial charge is 0.451 e. The maximum absolute atomic E-state index is 11.9. The Hall–Kier alpha value is -2.61. The first-order valence-corrected chi connectivity index (χ1v) is 5.74. The molecular weight excluding hydrogens is 242 g/mol. The van der Waals surface area contributed by atoms with E-state index in [-0.39, 0.29) is 6.42 Å². The Balaban J connectivity index is 2.14. The molecule has 0 spiro atoms. The molecule has 0 aliphatic carbocycles. The summed E-state index contributed by atoms with van der Waals surface area (Å²) in [6.45, 7) is 0. The van der Waals surface area contributed by atoms with Gasteiger partial charge < -0.3 is 4.74 Å². The van der Waals surface area contributed by atoms with E-state index >= 15 is 0 Å². The number of ether oxygens (including phenoxy) is 1. The lowest BCUT2D eigenvalue weighted by Gasteiger charge is -2.14. The molecule has 0 amide bonds. The first kappa shape index (κ1) is 12.8. The van der Waals surface area contributed by atoms with Gasteiger partial charge in [-0.1, -0.05) is 6.07 Å². The minimum absolute atomic E-state index is 0.281. The molecule has 0 aromatic carbocycles. The van der Waals surface area contributed by atoms with Crippen LogP contribution in [0.5, 0.6) is 0 Å². The molecule has 0 saturated heterocycles. The Morgan fingerprint density at radius 1 is 1.58 bits per heavy atom. The highest BCUT2D eigenvalue weighted by Gasteiger charge is 2.19. The van der Waals surface area contributed by atoms with Crippen LogP contribution in [-0.4, -0.2) is 20.7 Å². The molecule has 0 unspecified atom stereocenters. The highest BCUT2D eigenvalue weighted by molar-refractivity contribution is 5.88. The summed E-state index contributed by atoms with van der Waals surface area (Å²) in [6.07, 6.45) is 9.72. The number of carbonyl (C=O) groups is 1. The molecule has 0 aliphatic heterocycles. The fraction of sp³-hybridized carbons (Fsp3) is 0.214. The SMILES string of the molecule is C#CC[C@@H](OC(=O)c1cnn(C)c1)c1ccccn1. The lowest BCUT2D eigenvalue weighted by atomic mass is 10.1.